The average Bonchev–Trinajstić information content (AvgIpc) is 2.68. The van der Waals surface area contributed by atoms with E-state index in [0.717, 1.165) is 41.3 Å². The van der Waals surface area contributed by atoms with Gasteiger partial charge in [0.25, 0.3) is 0 Å². The van der Waals surface area contributed by atoms with E-state index >= 15 is 0 Å². The van der Waals surface area contributed by atoms with Crippen molar-refractivity contribution in [2.75, 3.05) is 7.11 Å². The van der Waals surface area contributed by atoms with Crippen molar-refractivity contribution in [3.05, 3.63) is 58.5 Å². The molecule has 0 saturated carbocycles. The van der Waals surface area contributed by atoms with Crippen LogP contribution in [0.3, 0.4) is 0 Å². The Morgan fingerprint density at radius 3 is 3.10 bits per heavy atom. The fraction of sp³-hybridized carbons (Fsp3) is 0.278. The van der Waals surface area contributed by atoms with Crippen LogP contribution in [0.1, 0.15) is 25.3 Å². The van der Waals surface area contributed by atoms with Crippen molar-refractivity contribution in [2.45, 2.75) is 26.3 Å². The third-order valence-corrected chi connectivity index (χ3v) is 3.35. The van der Waals surface area contributed by atoms with Crippen molar-refractivity contribution in [3.63, 3.8) is 0 Å². The number of allylic oxidation sites excluding steroid dienone is 5. The molecule has 2 rings (SSSR count). The molecule has 108 valence electrons. The molecule has 21 heavy (non-hydrogen) atoms. The Bertz CT molecular complexity index is 739. The molecular formula is C18H20N2O. The largest absolute Gasteiger partial charge is 0.497 e. The third-order valence-electron chi connectivity index (χ3n) is 3.35. The lowest BCUT2D eigenvalue weighted by molar-refractivity contribution is 0.305. The molecule has 1 aliphatic rings. The smallest absolute Gasteiger partial charge is 0.114 e. The molecule has 0 aliphatic heterocycles. The van der Waals surface area contributed by atoms with E-state index in [1.165, 1.54) is 0 Å². The van der Waals surface area contributed by atoms with E-state index in [2.05, 4.69) is 35.8 Å². The van der Waals surface area contributed by atoms with E-state index in [1.54, 1.807) is 7.11 Å². The fourth-order valence-electron chi connectivity index (χ4n) is 2.36. The highest BCUT2D eigenvalue weighted by Gasteiger charge is 2.03. The monoisotopic (exact) mass is 280 g/mol. The molecule has 1 heterocycles. The Balaban J connectivity index is 2.30. The minimum atomic E-state index is 0.720. The first kappa shape index (κ1) is 14.9. The predicted octanol–water partition coefficient (Wildman–Crippen LogP) is 2.38. The Labute approximate surface area is 125 Å². The third kappa shape index (κ3) is 3.55. The van der Waals surface area contributed by atoms with Gasteiger partial charge in [-0.2, -0.15) is 5.26 Å². The molecule has 1 aromatic rings. The lowest BCUT2D eigenvalue weighted by Gasteiger charge is -2.01. The Hall–Kier alpha value is -2.47. The van der Waals surface area contributed by atoms with E-state index in [9.17, 15) is 5.26 Å². The average molecular weight is 280 g/mol. The van der Waals surface area contributed by atoms with Crippen LogP contribution in [0.15, 0.2) is 42.3 Å². The molecule has 1 aliphatic carbocycles. The van der Waals surface area contributed by atoms with E-state index in [0.29, 0.717) is 0 Å². The highest BCUT2D eigenvalue weighted by molar-refractivity contribution is 5.48. The first-order chi connectivity index (χ1) is 10.3. The lowest BCUT2D eigenvalue weighted by Crippen LogP contribution is -2.29. The first-order valence-electron chi connectivity index (χ1n) is 7.17. The van der Waals surface area contributed by atoms with Gasteiger partial charge in [-0.1, -0.05) is 37.3 Å². The number of hydrogen-bond acceptors (Lipinski definition) is 2. The van der Waals surface area contributed by atoms with Gasteiger partial charge in [-0.15, -0.1) is 0 Å². The molecule has 0 aromatic carbocycles. The van der Waals surface area contributed by atoms with Crippen LogP contribution in [0.5, 0.6) is 0 Å². The number of ether oxygens (including phenoxy) is 1. The summed E-state index contributed by atoms with van der Waals surface area (Å²) in [5.74, 6) is 0.869. The Morgan fingerprint density at radius 2 is 2.38 bits per heavy atom. The first-order valence-corrected chi connectivity index (χ1v) is 7.17. The molecule has 0 spiro atoms. The topological polar surface area (TPSA) is 38.0 Å². The van der Waals surface area contributed by atoms with E-state index in [-0.39, 0.29) is 0 Å². The molecule has 0 fully saturated rings. The maximum Gasteiger partial charge on any atom is 0.114 e. The number of methoxy groups -OCH3 is 1. The van der Waals surface area contributed by atoms with Crippen LogP contribution in [0.2, 0.25) is 0 Å². The van der Waals surface area contributed by atoms with Crippen molar-refractivity contribution < 1.29 is 4.74 Å². The highest BCUT2D eigenvalue weighted by Crippen LogP contribution is 2.01. The summed E-state index contributed by atoms with van der Waals surface area (Å²) in [7, 11) is 1.68. The van der Waals surface area contributed by atoms with Crippen LogP contribution < -0.4 is 10.6 Å². The van der Waals surface area contributed by atoms with Gasteiger partial charge in [0.05, 0.1) is 12.7 Å². The van der Waals surface area contributed by atoms with Gasteiger partial charge >= 0.3 is 0 Å². The number of aromatic nitrogens is 1. The summed E-state index contributed by atoms with van der Waals surface area (Å²) in [6.07, 6.45) is 18.1. The molecule has 0 saturated heterocycles. The van der Waals surface area contributed by atoms with Crippen LogP contribution in [0, 0.1) is 11.3 Å². The molecule has 0 bridgehead atoms. The summed E-state index contributed by atoms with van der Waals surface area (Å²) in [6, 6.07) is 2.27. The van der Waals surface area contributed by atoms with Gasteiger partial charge in [-0.3, -0.25) is 0 Å². The zero-order valence-electron chi connectivity index (χ0n) is 12.5. The standard InChI is InChI=1S/C18H20N2O/c1-3-8-16(21-2)9-7-12-20-14-15(13-19)17-10-5-4-6-11-18(17)20/h4-5,7-11,14H,3,6,12H2,1-2H3/b9-7-,16-8+. The van der Waals surface area contributed by atoms with E-state index in [4.69, 9.17) is 4.74 Å². The summed E-state index contributed by atoms with van der Waals surface area (Å²) < 4.78 is 7.38. The fourth-order valence-corrected chi connectivity index (χ4v) is 2.36. The number of fused-ring (bicyclic) bond motifs is 1. The van der Waals surface area contributed by atoms with Gasteiger partial charge < -0.3 is 9.30 Å². The number of rotatable bonds is 5. The second-order valence-corrected chi connectivity index (χ2v) is 4.76. The van der Waals surface area contributed by atoms with Crippen LogP contribution in [-0.4, -0.2) is 11.7 Å². The van der Waals surface area contributed by atoms with Crippen LogP contribution in [0.4, 0.5) is 0 Å². The SMILES string of the molecule is CC/C=C(\C=C/Cn1cc(C#N)c2c1=CCC=CC=2)OC. The Kier molecular flexibility index (Phi) is 5.22. The van der Waals surface area contributed by atoms with Crippen LogP contribution in [-0.2, 0) is 11.3 Å². The van der Waals surface area contributed by atoms with Gasteiger partial charge in [-0.25, -0.2) is 0 Å². The summed E-state index contributed by atoms with van der Waals surface area (Å²) in [5, 5.41) is 11.4. The molecule has 0 radical (unpaired) electrons. The molecule has 0 unspecified atom stereocenters. The minimum absolute atomic E-state index is 0.720. The van der Waals surface area contributed by atoms with Crippen molar-refractivity contribution in [1.82, 2.24) is 4.57 Å². The van der Waals surface area contributed by atoms with E-state index in [1.807, 2.05) is 30.5 Å². The van der Waals surface area contributed by atoms with Crippen molar-refractivity contribution in [3.8, 4) is 6.07 Å². The zero-order chi connectivity index (χ0) is 15.1. The van der Waals surface area contributed by atoms with Gasteiger partial charge in [0.2, 0.25) is 0 Å². The van der Waals surface area contributed by atoms with Crippen molar-refractivity contribution in [2.24, 2.45) is 0 Å². The summed E-state index contributed by atoms with van der Waals surface area (Å²) in [4.78, 5) is 0. The highest BCUT2D eigenvalue weighted by atomic mass is 16.5. The lowest BCUT2D eigenvalue weighted by atomic mass is 10.2. The molecule has 1 aromatic heterocycles. The van der Waals surface area contributed by atoms with Crippen molar-refractivity contribution in [1.29, 1.82) is 5.26 Å². The van der Waals surface area contributed by atoms with Gasteiger partial charge in [0, 0.05) is 23.3 Å². The van der Waals surface area contributed by atoms with Gasteiger partial charge in [0.15, 0.2) is 0 Å². The summed E-state index contributed by atoms with van der Waals surface area (Å²) >= 11 is 0. The maximum absolute atomic E-state index is 9.25. The summed E-state index contributed by atoms with van der Waals surface area (Å²) in [5.41, 5.74) is 0.720. The van der Waals surface area contributed by atoms with Gasteiger partial charge in [0.1, 0.15) is 11.8 Å². The molecule has 0 N–H and O–H groups in total. The molecule has 3 heteroatoms. The predicted molar refractivity (Wildman–Crippen MR) is 85.6 cm³/mol. The quantitative estimate of drug-likeness (QED) is 0.613. The molecule has 3 nitrogen and oxygen atoms in total. The Morgan fingerprint density at radius 1 is 1.52 bits per heavy atom. The van der Waals surface area contributed by atoms with Crippen molar-refractivity contribution >= 4 is 12.2 Å². The van der Waals surface area contributed by atoms with Crippen LogP contribution in [0.25, 0.3) is 12.2 Å². The second kappa shape index (κ2) is 7.35. The molecular weight excluding hydrogens is 260 g/mol. The zero-order valence-corrected chi connectivity index (χ0v) is 12.5. The second-order valence-electron chi connectivity index (χ2n) is 4.76. The number of nitriles is 1. The minimum Gasteiger partial charge on any atom is -0.497 e. The van der Waals surface area contributed by atoms with Crippen LogP contribution >= 0.6 is 0 Å². The molecule has 0 amide bonds. The van der Waals surface area contributed by atoms with Gasteiger partial charge in [-0.05, 0) is 25.0 Å². The number of hydrogen-bond donors (Lipinski definition) is 0. The normalized spacial score (nSPS) is 14.0. The maximum atomic E-state index is 9.25. The number of nitrogens with zero attached hydrogens (tertiary/aromatic N) is 2. The molecule has 0 atom stereocenters. The summed E-state index contributed by atoms with van der Waals surface area (Å²) in [6.45, 7) is 2.80. The van der Waals surface area contributed by atoms with E-state index < -0.39 is 0 Å².